The van der Waals surface area contributed by atoms with Crippen molar-refractivity contribution in [1.29, 1.82) is 0 Å². The second-order valence-electron chi connectivity index (χ2n) is 3.81. The molecule has 0 aliphatic rings. The number of rotatable bonds is 8. The first kappa shape index (κ1) is 15.7. The van der Waals surface area contributed by atoms with Gasteiger partial charge in [-0.15, -0.1) is 0 Å². The zero-order valence-corrected chi connectivity index (χ0v) is 10.9. The van der Waals surface area contributed by atoms with Crippen LogP contribution in [-0.4, -0.2) is 11.7 Å². The maximum atomic E-state index is 8.60. The third kappa shape index (κ3) is 14.7. The highest BCUT2D eigenvalue weighted by Crippen LogP contribution is 2.03. The number of hydrogen-bond donors (Lipinski definition) is 1. The van der Waals surface area contributed by atoms with Gasteiger partial charge in [0.2, 0.25) is 0 Å². The van der Waals surface area contributed by atoms with Crippen molar-refractivity contribution in [2.24, 2.45) is 0 Å². The molecule has 0 heterocycles. The van der Waals surface area contributed by atoms with Gasteiger partial charge in [-0.05, 0) is 32.3 Å². The van der Waals surface area contributed by atoms with E-state index in [2.05, 4.69) is 24.0 Å². The topological polar surface area (TPSA) is 20.2 Å². The van der Waals surface area contributed by atoms with Gasteiger partial charge in [0.15, 0.2) is 0 Å². The Balaban J connectivity index is 3.36. The second kappa shape index (κ2) is 14.7. The maximum Gasteiger partial charge on any atom is 0.0431 e. The van der Waals surface area contributed by atoms with Crippen LogP contribution in [-0.2, 0) is 0 Å². The van der Waals surface area contributed by atoms with E-state index in [0.29, 0.717) is 6.61 Å². The molecule has 0 fully saturated rings. The van der Waals surface area contributed by atoms with Gasteiger partial charge < -0.3 is 5.11 Å². The predicted molar refractivity (Wildman–Crippen MR) is 75.7 cm³/mol. The van der Waals surface area contributed by atoms with Crippen LogP contribution in [0.25, 0.3) is 0 Å². The molecule has 1 nitrogen and oxygen atoms in total. The van der Waals surface area contributed by atoms with Crippen LogP contribution in [0.15, 0.2) is 36.5 Å². The van der Waals surface area contributed by atoms with E-state index < -0.39 is 0 Å². The van der Waals surface area contributed by atoms with Crippen LogP contribution in [0.1, 0.15) is 45.4 Å². The summed E-state index contributed by atoms with van der Waals surface area (Å²) in [6.07, 6.45) is 18.5. The zero-order valence-electron chi connectivity index (χ0n) is 10.9. The van der Waals surface area contributed by atoms with Crippen molar-refractivity contribution in [2.45, 2.75) is 45.4 Å². The lowest BCUT2D eigenvalue weighted by Gasteiger charge is -1.95. The Morgan fingerprint density at radius 3 is 2.59 bits per heavy atom. The Labute approximate surface area is 106 Å². The summed E-state index contributed by atoms with van der Waals surface area (Å²) in [4.78, 5) is 0. The highest BCUT2D eigenvalue weighted by molar-refractivity contribution is 5.20. The van der Waals surface area contributed by atoms with Gasteiger partial charge in [-0.3, -0.25) is 0 Å². The molecule has 0 unspecified atom stereocenters. The monoisotopic (exact) mass is 232 g/mol. The van der Waals surface area contributed by atoms with Crippen molar-refractivity contribution in [2.75, 3.05) is 6.61 Å². The minimum Gasteiger partial charge on any atom is -0.396 e. The summed E-state index contributed by atoms with van der Waals surface area (Å²) in [6, 6.07) is 0. The summed E-state index contributed by atoms with van der Waals surface area (Å²) in [5, 5.41) is 8.60. The fraction of sp³-hybridized carbons (Fsp3) is 0.500. The first-order valence-electron chi connectivity index (χ1n) is 6.44. The molecule has 0 saturated carbocycles. The Hall–Kier alpha value is -1.26. The van der Waals surface area contributed by atoms with Crippen LogP contribution >= 0.6 is 0 Å². The molecule has 0 rings (SSSR count). The molecule has 0 bridgehead atoms. The number of aliphatic hydroxyl groups is 1. The lowest BCUT2D eigenvalue weighted by Crippen LogP contribution is -1.82. The highest BCUT2D eigenvalue weighted by atomic mass is 16.2. The molecule has 0 atom stereocenters. The standard InChI is InChI=1S/C16H24O/c1-2-3-4-5-6-7-8-9-10-11-12-13-14-15-16-17/h2-5,9-10,17H,8,11-16H2,1H3/b3-2+,5-4+,10-9+. The van der Waals surface area contributed by atoms with Crippen LogP contribution in [0.2, 0.25) is 0 Å². The first-order chi connectivity index (χ1) is 8.41. The van der Waals surface area contributed by atoms with E-state index in [9.17, 15) is 0 Å². The molecule has 0 saturated heterocycles. The second-order valence-corrected chi connectivity index (χ2v) is 3.81. The Kier molecular flexibility index (Phi) is 13.6. The molecule has 0 aliphatic carbocycles. The van der Waals surface area contributed by atoms with E-state index in [1.54, 1.807) is 0 Å². The molecule has 94 valence electrons. The molecule has 0 aromatic heterocycles. The number of allylic oxidation sites excluding steroid dienone is 6. The molecule has 1 N–H and O–H groups in total. The third-order valence-corrected chi connectivity index (χ3v) is 2.25. The molecule has 0 aromatic carbocycles. The number of hydrogen-bond acceptors (Lipinski definition) is 1. The first-order valence-corrected chi connectivity index (χ1v) is 6.44. The van der Waals surface area contributed by atoms with Gasteiger partial charge in [-0.25, -0.2) is 0 Å². The molecular weight excluding hydrogens is 208 g/mol. The van der Waals surface area contributed by atoms with Crippen molar-refractivity contribution in [3.05, 3.63) is 36.5 Å². The van der Waals surface area contributed by atoms with Crippen molar-refractivity contribution in [1.82, 2.24) is 0 Å². The fourth-order valence-corrected chi connectivity index (χ4v) is 1.32. The summed E-state index contributed by atoms with van der Waals surface area (Å²) in [5.41, 5.74) is 0. The largest absolute Gasteiger partial charge is 0.396 e. The van der Waals surface area contributed by atoms with Crippen LogP contribution in [0.5, 0.6) is 0 Å². The smallest absolute Gasteiger partial charge is 0.0431 e. The number of unbranched alkanes of at least 4 members (excludes halogenated alkanes) is 4. The zero-order chi connectivity index (χ0) is 12.6. The Bertz CT molecular complexity index is 286. The lowest BCUT2D eigenvalue weighted by molar-refractivity contribution is 0.282. The molecule has 0 radical (unpaired) electrons. The fourth-order valence-electron chi connectivity index (χ4n) is 1.32. The Morgan fingerprint density at radius 2 is 1.82 bits per heavy atom. The SMILES string of the molecule is C/C=C/C=C/C#CC/C=C/CCCCCCO. The molecule has 0 aliphatic heterocycles. The van der Waals surface area contributed by atoms with Gasteiger partial charge in [-0.1, -0.05) is 55.1 Å². The van der Waals surface area contributed by atoms with Gasteiger partial charge in [-0.2, -0.15) is 0 Å². The molecular formula is C16H24O. The third-order valence-electron chi connectivity index (χ3n) is 2.25. The normalized spacial score (nSPS) is 11.4. The van der Waals surface area contributed by atoms with E-state index >= 15 is 0 Å². The minimum absolute atomic E-state index is 0.326. The highest BCUT2D eigenvalue weighted by Gasteiger charge is 1.86. The van der Waals surface area contributed by atoms with Crippen molar-refractivity contribution in [3.8, 4) is 11.8 Å². The summed E-state index contributed by atoms with van der Waals surface area (Å²) in [6.45, 7) is 2.31. The van der Waals surface area contributed by atoms with Crippen LogP contribution in [0.3, 0.4) is 0 Å². The van der Waals surface area contributed by atoms with E-state index in [4.69, 9.17) is 5.11 Å². The summed E-state index contributed by atoms with van der Waals surface area (Å²) >= 11 is 0. The van der Waals surface area contributed by atoms with E-state index in [1.807, 2.05) is 31.2 Å². The molecule has 0 spiro atoms. The minimum atomic E-state index is 0.326. The summed E-state index contributed by atoms with van der Waals surface area (Å²) in [5.74, 6) is 6.04. The van der Waals surface area contributed by atoms with Crippen molar-refractivity contribution in [3.63, 3.8) is 0 Å². The van der Waals surface area contributed by atoms with Gasteiger partial charge in [0.1, 0.15) is 0 Å². The molecule has 17 heavy (non-hydrogen) atoms. The van der Waals surface area contributed by atoms with Crippen LogP contribution in [0.4, 0.5) is 0 Å². The average Bonchev–Trinajstić information content (AvgIpc) is 2.35. The molecule has 0 amide bonds. The molecule has 1 heteroatoms. The van der Waals surface area contributed by atoms with Crippen molar-refractivity contribution < 1.29 is 5.11 Å². The summed E-state index contributed by atoms with van der Waals surface area (Å²) in [7, 11) is 0. The van der Waals surface area contributed by atoms with Crippen LogP contribution < -0.4 is 0 Å². The van der Waals surface area contributed by atoms with Gasteiger partial charge >= 0.3 is 0 Å². The average molecular weight is 232 g/mol. The Morgan fingerprint density at radius 1 is 1.00 bits per heavy atom. The lowest BCUT2D eigenvalue weighted by atomic mass is 10.1. The summed E-state index contributed by atoms with van der Waals surface area (Å²) < 4.78 is 0. The van der Waals surface area contributed by atoms with Gasteiger partial charge in [0.25, 0.3) is 0 Å². The van der Waals surface area contributed by atoms with Gasteiger partial charge in [0, 0.05) is 13.0 Å². The van der Waals surface area contributed by atoms with E-state index in [0.717, 1.165) is 25.7 Å². The van der Waals surface area contributed by atoms with E-state index in [1.165, 1.54) is 12.8 Å². The maximum absolute atomic E-state index is 8.60. The van der Waals surface area contributed by atoms with Crippen LogP contribution in [0, 0.1) is 11.8 Å². The van der Waals surface area contributed by atoms with Crippen molar-refractivity contribution >= 4 is 0 Å². The van der Waals surface area contributed by atoms with E-state index in [-0.39, 0.29) is 0 Å². The number of aliphatic hydroxyl groups excluding tert-OH is 1. The quantitative estimate of drug-likeness (QED) is 0.290. The molecule has 0 aromatic rings. The predicted octanol–water partition coefficient (Wildman–Crippen LogP) is 4.01. The van der Waals surface area contributed by atoms with Gasteiger partial charge in [0.05, 0.1) is 0 Å².